The summed E-state index contributed by atoms with van der Waals surface area (Å²) >= 11 is 3.21. The van der Waals surface area contributed by atoms with Crippen LogP contribution in [0.3, 0.4) is 0 Å². The molecule has 1 aromatic rings. The molecule has 0 bridgehead atoms. The van der Waals surface area contributed by atoms with Gasteiger partial charge in [-0.15, -0.1) is 0 Å². The normalized spacial score (nSPS) is 10.4. The summed E-state index contributed by atoms with van der Waals surface area (Å²) in [6.45, 7) is 2.84. The minimum atomic E-state index is -0.378. The molecular weight excluding hydrogens is 313 g/mol. The lowest BCUT2D eigenvalue weighted by atomic mass is 10.2. The number of carbonyl (C=O) groups is 1. The van der Waals surface area contributed by atoms with Crippen LogP contribution < -0.4 is 10.6 Å². The van der Waals surface area contributed by atoms with Crippen molar-refractivity contribution in [2.45, 2.75) is 13.5 Å². The van der Waals surface area contributed by atoms with Crippen molar-refractivity contribution in [3.05, 3.63) is 28.0 Å². The van der Waals surface area contributed by atoms with Crippen molar-refractivity contribution in [3.8, 4) is 0 Å². The van der Waals surface area contributed by atoms with Crippen molar-refractivity contribution in [3.63, 3.8) is 0 Å². The van der Waals surface area contributed by atoms with Gasteiger partial charge in [0.2, 0.25) is 5.91 Å². The van der Waals surface area contributed by atoms with Crippen LogP contribution in [0.25, 0.3) is 0 Å². The Kier molecular flexibility index (Phi) is 5.75. The van der Waals surface area contributed by atoms with Crippen molar-refractivity contribution in [2.75, 3.05) is 32.1 Å². The van der Waals surface area contributed by atoms with Gasteiger partial charge >= 0.3 is 0 Å². The van der Waals surface area contributed by atoms with E-state index in [0.717, 1.165) is 0 Å². The van der Waals surface area contributed by atoms with E-state index in [9.17, 15) is 9.18 Å². The number of amides is 1. The van der Waals surface area contributed by atoms with Crippen molar-refractivity contribution in [2.24, 2.45) is 5.73 Å². The Morgan fingerprint density at radius 1 is 1.42 bits per heavy atom. The fraction of sp³-hybridized carbons (Fsp3) is 0.462. The van der Waals surface area contributed by atoms with E-state index in [-0.39, 0.29) is 24.8 Å². The maximum absolute atomic E-state index is 14.3. The van der Waals surface area contributed by atoms with Crippen LogP contribution in [0, 0.1) is 5.82 Å². The molecule has 0 unspecified atom stereocenters. The Bertz CT molecular complexity index is 465. The van der Waals surface area contributed by atoms with Crippen LogP contribution in [0.2, 0.25) is 0 Å². The third-order valence-corrected chi connectivity index (χ3v) is 3.77. The quantitative estimate of drug-likeness (QED) is 0.897. The first-order valence-electron chi connectivity index (χ1n) is 6.04. The highest BCUT2D eigenvalue weighted by molar-refractivity contribution is 9.10. The Labute approximate surface area is 121 Å². The summed E-state index contributed by atoms with van der Waals surface area (Å²) in [6, 6.07) is 3.43. The second-order valence-electron chi connectivity index (χ2n) is 4.38. The maximum Gasteiger partial charge on any atom is 0.241 e. The monoisotopic (exact) mass is 331 g/mol. The molecule has 0 aromatic heterocycles. The molecule has 1 aromatic carbocycles. The molecule has 6 heteroatoms. The molecule has 106 valence electrons. The highest BCUT2D eigenvalue weighted by Gasteiger charge is 2.18. The van der Waals surface area contributed by atoms with Gasteiger partial charge in [-0.2, -0.15) is 0 Å². The van der Waals surface area contributed by atoms with Crippen LogP contribution in [0.4, 0.5) is 10.1 Å². The number of hydrogen-bond acceptors (Lipinski definition) is 3. The summed E-state index contributed by atoms with van der Waals surface area (Å²) < 4.78 is 14.6. The van der Waals surface area contributed by atoms with E-state index in [1.54, 1.807) is 31.1 Å². The number of nitrogens with zero attached hydrogens (tertiary/aromatic N) is 2. The van der Waals surface area contributed by atoms with Gasteiger partial charge in [-0.1, -0.05) is 6.07 Å². The Balaban J connectivity index is 3.06. The van der Waals surface area contributed by atoms with Gasteiger partial charge in [-0.05, 0) is 34.5 Å². The molecule has 0 fully saturated rings. The molecule has 0 atom stereocenters. The number of anilines is 1. The van der Waals surface area contributed by atoms with Gasteiger partial charge in [0.1, 0.15) is 0 Å². The smallest absolute Gasteiger partial charge is 0.241 e. The molecule has 0 aliphatic heterocycles. The molecule has 19 heavy (non-hydrogen) atoms. The molecular formula is C13H19BrFN3O. The minimum Gasteiger partial charge on any atom is -0.360 e. The fourth-order valence-electron chi connectivity index (χ4n) is 1.65. The topological polar surface area (TPSA) is 49.6 Å². The molecule has 0 saturated carbocycles. The van der Waals surface area contributed by atoms with Gasteiger partial charge in [0.05, 0.1) is 16.7 Å². The fourth-order valence-corrected chi connectivity index (χ4v) is 2.15. The summed E-state index contributed by atoms with van der Waals surface area (Å²) in [5, 5.41) is 0. The van der Waals surface area contributed by atoms with Gasteiger partial charge < -0.3 is 15.5 Å². The summed E-state index contributed by atoms with van der Waals surface area (Å²) in [5.74, 6) is -0.448. The Hall–Kier alpha value is -1.14. The zero-order valence-corrected chi connectivity index (χ0v) is 13.0. The molecule has 2 N–H and O–H groups in total. The second kappa shape index (κ2) is 6.86. The standard InChI is InChI=1S/C13H19BrFN3O/c1-4-18(8-11(19)17(2)3)10-6-5-9(7-16)12(14)13(10)15/h5-6H,4,7-8,16H2,1-3H3. The van der Waals surface area contributed by atoms with Gasteiger partial charge in [0, 0.05) is 27.2 Å². The van der Waals surface area contributed by atoms with Gasteiger partial charge in [-0.25, -0.2) is 4.39 Å². The van der Waals surface area contributed by atoms with Crippen molar-refractivity contribution in [1.82, 2.24) is 4.90 Å². The lowest BCUT2D eigenvalue weighted by molar-refractivity contribution is -0.127. The first kappa shape index (κ1) is 15.9. The average Bonchev–Trinajstić information content (AvgIpc) is 2.39. The SMILES string of the molecule is CCN(CC(=O)N(C)C)c1ccc(CN)c(Br)c1F. The van der Waals surface area contributed by atoms with Crippen molar-refractivity contribution in [1.29, 1.82) is 0 Å². The molecule has 0 aliphatic rings. The van der Waals surface area contributed by atoms with Crippen molar-refractivity contribution < 1.29 is 9.18 Å². The van der Waals surface area contributed by atoms with Crippen LogP contribution in [-0.2, 0) is 11.3 Å². The van der Waals surface area contributed by atoms with Gasteiger partial charge in [-0.3, -0.25) is 4.79 Å². The van der Waals surface area contributed by atoms with E-state index in [0.29, 0.717) is 22.3 Å². The van der Waals surface area contributed by atoms with Crippen LogP contribution >= 0.6 is 15.9 Å². The zero-order valence-electron chi connectivity index (χ0n) is 11.4. The summed E-state index contributed by atoms with van der Waals surface area (Å²) in [5.41, 5.74) is 6.64. The van der Waals surface area contributed by atoms with E-state index in [4.69, 9.17) is 5.73 Å². The number of rotatable bonds is 5. The van der Waals surface area contributed by atoms with Crippen molar-refractivity contribution >= 4 is 27.5 Å². The lowest BCUT2D eigenvalue weighted by Crippen LogP contribution is -2.37. The van der Waals surface area contributed by atoms with Gasteiger partial charge in [0.15, 0.2) is 5.82 Å². The first-order chi connectivity index (χ1) is 8.92. The number of likely N-dealkylation sites (N-methyl/N-ethyl adjacent to an activating group) is 2. The van der Waals surface area contributed by atoms with Crippen LogP contribution in [-0.4, -0.2) is 38.0 Å². The van der Waals surface area contributed by atoms with E-state index in [2.05, 4.69) is 15.9 Å². The minimum absolute atomic E-state index is 0.0692. The van der Waals surface area contributed by atoms with Gasteiger partial charge in [0.25, 0.3) is 0 Å². The van der Waals surface area contributed by atoms with E-state index >= 15 is 0 Å². The molecule has 0 spiro atoms. The van der Waals surface area contributed by atoms with E-state index in [1.165, 1.54) is 4.90 Å². The largest absolute Gasteiger partial charge is 0.360 e. The third kappa shape index (κ3) is 3.67. The summed E-state index contributed by atoms with van der Waals surface area (Å²) in [4.78, 5) is 14.9. The van der Waals surface area contributed by atoms with Crippen LogP contribution in [0.15, 0.2) is 16.6 Å². The number of nitrogens with two attached hydrogens (primary N) is 1. The summed E-state index contributed by atoms with van der Waals surface area (Å²) in [6.07, 6.45) is 0. The second-order valence-corrected chi connectivity index (χ2v) is 5.17. The molecule has 1 rings (SSSR count). The zero-order chi connectivity index (χ0) is 14.6. The Morgan fingerprint density at radius 3 is 2.53 bits per heavy atom. The molecule has 0 radical (unpaired) electrons. The number of carbonyl (C=O) groups excluding carboxylic acids is 1. The summed E-state index contributed by atoms with van der Waals surface area (Å²) in [7, 11) is 3.36. The van der Waals surface area contributed by atoms with Crippen LogP contribution in [0.1, 0.15) is 12.5 Å². The highest BCUT2D eigenvalue weighted by Crippen LogP contribution is 2.29. The number of halogens is 2. The average molecular weight is 332 g/mol. The molecule has 1 amide bonds. The van der Waals surface area contributed by atoms with Crippen LogP contribution in [0.5, 0.6) is 0 Å². The number of benzene rings is 1. The predicted octanol–water partition coefficient (Wildman–Crippen LogP) is 1.96. The molecule has 0 heterocycles. The number of hydrogen-bond donors (Lipinski definition) is 1. The Morgan fingerprint density at radius 2 is 2.05 bits per heavy atom. The van der Waals surface area contributed by atoms with E-state index in [1.807, 2.05) is 6.92 Å². The lowest BCUT2D eigenvalue weighted by Gasteiger charge is -2.25. The molecule has 0 aliphatic carbocycles. The first-order valence-corrected chi connectivity index (χ1v) is 6.83. The van der Waals surface area contributed by atoms with E-state index < -0.39 is 0 Å². The third-order valence-electron chi connectivity index (χ3n) is 2.91. The molecule has 4 nitrogen and oxygen atoms in total. The maximum atomic E-state index is 14.3. The molecule has 0 saturated heterocycles. The highest BCUT2D eigenvalue weighted by atomic mass is 79.9. The predicted molar refractivity (Wildman–Crippen MR) is 78.6 cm³/mol.